The van der Waals surface area contributed by atoms with Gasteiger partial charge in [0.2, 0.25) is 0 Å². The molecule has 9 rings (SSSR count). The maximum atomic E-state index is 6.46. The van der Waals surface area contributed by atoms with Crippen LogP contribution in [0.5, 0.6) is 5.75 Å². The predicted molar refractivity (Wildman–Crippen MR) is 182 cm³/mol. The quantitative estimate of drug-likeness (QED) is 0.208. The number of hydrogen-bond acceptors (Lipinski definition) is 4. The van der Waals surface area contributed by atoms with Crippen LogP contribution in [0.1, 0.15) is 11.3 Å². The molecule has 0 saturated heterocycles. The molecule has 0 aliphatic carbocycles. The summed E-state index contributed by atoms with van der Waals surface area (Å²) >= 11 is 0. The monoisotopic (exact) mass is 579 g/mol. The molecule has 0 N–H and O–H groups in total. The first-order valence-electron chi connectivity index (χ1n) is 14.8. The van der Waals surface area contributed by atoms with Crippen molar-refractivity contribution in [3.8, 4) is 45.2 Å². The first-order valence-corrected chi connectivity index (χ1v) is 14.8. The maximum Gasteiger partial charge on any atom is 0.180 e. The van der Waals surface area contributed by atoms with Crippen LogP contribution in [0.2, 0.25) is 0 Å². The van der Waals surface area contributed by atoms with Crippen molar-refractivity contribution in [1.82, 2.24) is 14.5 Å². The molecule has 4 heterocycles. The van der Waals surface area contributed by atoms with E-state index < -0.39 is 0 Å². The molecule has 5 heteroatoms. The molecule has 1 aliphatic rings. The highest BCUT2D eigenvalue weighted by Gasteiger charge is 2.27. The van der Waals surface area contributed by atoms with Crippen molar-refractivity contribution in [2.45, 2.75) is 0 Å². The maximum absolute atomic E-state index is 6.46. The van der Waals surface area contributed by atoms with E-state index in [1.165, 1.54) is 0 Å². The lowest BCUT2D eigenvalue weighted by molar-refractivity contribution is 0.496. The fourth-order valence-corrected chi connectivity index (χ4v) is 6.47. The Morgan fingerprint density at radius 2 is 1.36 bits per heavy atom. The van der Waals surface area contributed by atoms with Gasteiger partial charge in [0.25, 0.3) is 0 Å². The summed E-state index contributed by atoms with van der Waals surface area (Å²) in [6.07, 6.45) is 1.89. The summed E-state index contributed by atoms with van der Waals surface area (Å²) < 4.78 is 14.8. The second-order valence-corrected chi connectivity index (χ2v) is 11.1. The predicted octanol–water partition coefficient (Wildman–Crippen LogP) is 10.3. The zero-order valence-corrected chi connectivity index (χ0v) is 24.2. The topological polar surface area (TPSA) is 53.1 Å². The Morgan fingerprint density at radius 1 is 0.667 bits per heavy atom. The van der Waals surface area contributed by atoms with E-state index in [2.05, 4.69) is 66.3 Å². The molecule has 0 unspecified atom stereocenters. The van der Waals surface area contributed by atoms with E-state index in [4.69, 9.17) is 19.1 Å². The van der Waals surface area contributed by atoms with Crippen LogP contribution in [0.3, 0.4) is 0 Å². The molecule has 0 amide bonds. The summed E-state index contributed by atoms with van der Waals surface area (Å²) in [5.41, 5.74) is 11.0. The van der Waals surface area contributed by atoms with Gasteiger partial charge in [-0.05, 0) is 47.5 Å². The molecule has 0 spiro atoms. The normalized spacial score (nSPS) is 12.3. The lowest BCUT2D eigenvalue weighted by Crippen LogP contribution is -2.11. The Morgan fingerprint density at radius 3 is 2.13 bits per heavy atom. The Kier molecular flexibility index (Phi) is 5.43. The first kappa shape index (κ1) is 25.3. The minimum absolute atomic E-state index is 0.607. The number of aromatic nitrogens is 3. The highest BCUT2D eigenvalue weighted by Crippen LogP contribution is 2.43. The fourth-order valence-electron chi connectivity index (χ4n) is 6.47. The summed E-state index contributed by atoms with van der Waals surface area (Å²) in [4.78, 5) is 10.1. The zero-order valence-electron chi connectivity index (χ0n) is 24.2. The molecule has 8 aromatic rings. The third-order valence-electron chi connectivity index (χ3n) is 8.54. The third kappa shape index (κ3) is 3.81. The second kappa shape index (κ2) is 9.66. The largest absolute Gasteiger partial charge is 0.454 e. The van der Waals surface area contributed by atoms with Crippen LogP contribution in [0, 0.1) is 0 Å². The minimum Gasteiger partial charge on any atom is -0.454 e. The van der Waals surface area contributed by atoms with Crippen LogP contribution in [-0.2, 0) is 0 Å². The summed E-state index contributed by atoms with van der Waals surface area (Å²) in [6, 6.07) is 41.1. The molecular weight excluding hydrogens is 554 g/mol. The van der Waals surface area contributed by atoms with E-state index in [9.17, 15) is 0 Å². The van der Waals surface area contributed by atoms with Crippen molar-refractivity contribution in [1.29, 1.82) is 0 Å². The van der Waals surface area contributed by atoms with E-state index in [1.807, 2.05) is 78.9 Å². The molecule has 0 atom stereocenters. The smallest absolute Gasteiger partial charge is 0.180 e. The van der Waals surface area contributed by atoms with Gasteiger partial charge in [-0.2, -0.15) is 0 Å². The summed E-state index contributed by atoms with van der Waals surface area (Å²) in [5.74, 6) is 2.06. The lowest BCUT2D eigenvalue weighted by Gasteiger charge is -2.23. The Balaban J connectivity index is 1.26. The molecule has 3 aromatic heterocycles. The Hall–Kier alpha value is -6.20. The van der Waals surface area contributed by atoms with Gasteiger partial charge >= 0.3 is 0 Å². The first-order chi connectivity index (χ1) is 22.2. The van der Waals surface area contributed by atoms with Crippen LogP contribution in [0.25, 0.3) is 84.3 Å². The minimum atomic E-state index is 0.607. The molecule has 5 nitrogen and oxygen atoms in total. The Bertz CT molecular complexity index is 2490. The number of rotatable bonds is 4. The van der Waals surface area contributed by atoms with Gasteiger partial charge in [-0.3, -0.25) is 0 Å². The van der Waals surface area contributed by atoms with Gasteiger partial charge in [0.15, 0.2) is 17.2 Å². The molecule has 5 aromatic carbocycles. The van der Waals surface area contributed by atoms with Crippen molar-refractivity contribution in [3.63, 3.8) is 0 Å². The summed E-state index contributed by atoms with van der Waals surface area (Å²) in [7, 11) is 0. The van der Waals surface area contributed by atoms with Crippen LogP contribution < -0.4 is 4.74 Å². The van der Waals surface area contributed by atoms with Crippen molar-refractivity contribution >= 4 is 44.8 Å². The molecule has 0 saturated carbocycles. The van der Waals surface area contributed by atoms with E-state index in [0.717, 1.165) is 78.0 Å². The molecule has 212 valence electrons. The SMILES string of the molecule is C=Cc1c2n(c3ccc(-c4ccc5oc6c(-c7ccccc7)nc(-c7ccccc7)nc6c5c4)cc13)-c1ccccc1OC2=C. The average Bonchev–Trinajstić information content (AvgIpc) is 3.64. The fraction of sp³-hybridized carbons (Fsp3) is 0. The van der Waals surface area contributed by atoms with E-state index >= 15 is 0 Å². The van der Waals surface area contributed by atoms with Gasteiger partial charge in [-0.15, -0.1) is 0 Å². The summed E-state index contributed by atoms with van der Waals surface area (Å²) in [5, 5.41) is 2.02. The van der Waals surface area contributed by atoms with Gasteiger partial charge in [-0.1, -0.05) is 104 Å². The van der Waals surface area contributed by atoms with E-state index in [1.54, 1.807) is 0 Å². The van der Waals surface area contributed by atoms with Gasteiger partial charge in [-0.25, -0.2) is 9.97 Å². The second-order valence-electron chi connectivity index (χ2n) is 11.1. The van der Waals surface area contributed by atoms with Crippen molar-refractivity contribution < 1.29 is 9.15 Å². The number of fused-ring (bicyclic) bond motifs is 8. The number of nitrogens with zero attached hydrogens (tertiary/aromatic N) is 3. The van der Waals surface area contributed by atoms with E-state index in [0.29, 0.717) is 17.2 Å². The van der Waals surface area contributed by atoms with Gasteiger partial charge in [0.05, 0.1) is 16.9 Å². The number of benzene rings is 5. The van der Waals surface area contributed by atoms with Crippen LogP contribution >= 0.6 is 0 Å². The number of ether oxygens (including phenoxy) is 1. The van der Waals surface area contributed by atoms with Gasteiger partial charge < -0.3 is 13.7 Å². The zero-order chi connectivity index (χ0) is 30.1. The summed E-state index contributed by atoms with van der Waals surface area (Å²) in [6.45, 7) is 8.39. The van der Waals surface area contributed by atoms with Gasteiger partial charge in [0, 0.05) is 27.5 Å². The van der Waals surface area contributed by atoms with Crippen LogP contribution in [0.4, 0.5) is 0 Å². The van der Waals surface area contributed by atoms with Crippen molar-refractivity contribution in [2.24, 2.45) is 0 Å². The van der Waals surface area contributed by atoms with Crippen molar-refractivity contribution in [3.05, 3.63) is 146 Å². The van der Waals surface area contributed by atoms with E-state index in [-0.39, 0.29) is 0 Å². The molecule has 45 heavy (non-hydrogen) atoms. The highest BCUT2D eigenvalue weighted by molar-refractivity contribution is 6.08. The van der Waals surface area contributed by atoms with Crippen molar-refractivity contribution in [2.75, 3.05) is 0 Å². The van der Waals surface area contributed by atoms with Crippen LogP contribution in [0.15, 0.2) is 139 Å². The molecule has 1 aliphatic heterocycles. The average molecular weight is 580 g/mol. The van der Waals surface area contributed by atoms with Gasteiger partial charge in [0.1, 0.15) is 22.6 Å². The molecule has 0 bridgehead atoms. The Labute approximate surface area is 259 Å². The number of para-hydroxylation sites is 2. The van der Waals surface area contributed by atoms with Crippen LogP contribution in [-0.4, -0.2) is 14.5 Å². The number of furan rings is 1. The third-order valence-corrected chi connectivity index (χ3v) is 8.54. The molecule has 0 fully saturated rings. The highest BCUT2D eigenvalue weighted by atomic mass is 16.5. The standard InChI is InChI=1S/C40H25N3O2/c1-3-29-30-22-27(18-20-32(30)43-33-16-10-11-17-35(33)44-24(2)38(29)43)28-19-21-34-31(23-28)37-39(45-34)36(25-12-6-4-7-13-25)41-40(42-37)26-14-8-5-9-15-26/h3-23H,1-2H2. The lowest BCUT2D eigenvalue weighted by atomic mass is 10.0. The number of hydrogen-bond donors (Lipinski definition) is 0. The molecule has 0 radical (unpaired) electrons. The molecular formula is C40H25N3O2.